The van der Waals surface area contributed by atoms with Crippen molar-refractivity contribution in [3.63, 3.8) is 0 Å². The Labute approximate surface area is 90.2 Å². The van der Waals surface area contributed by atoms with Crippen LogP contribution in [0, 0.1) is 0 Å². The lowest BCUT2D eigenvalue weighted by Crippen LogP contribution is -1.78. The molecule has 0 saturated heterocycles. The van der Waals surface area contributed by atoms with E-state index in [1.54, 1.807) is 0 Å². The highest BCUT2D eigenvalue weighted by Gasteiger charge is 1.92. The van der Waals surface area contributed by atoms with Crippen LogP contribution in [0.1, 0.15) is 6.92 Å². The molecule has 84 valence electrons. The zero-order chi connectivity index (χ0) is 12.4. The summed E-state index contributed by atoms with van der Waals surface area (Å²) in [5.74, 6) is -0.833. The predicted octanol–water partition coefficient (Wildman–Crippen LogP) is 0.614. The van der Waals surface area contributed by atoms with Crippen molar-refractivity contribution in [3.05, 3.63) is 0 Å². The number of aliphatic imine (C=N–C) groups is 4. The molecule has 0 saturated carbocycles. The molecule has 2 aliphatic heterocycles. The van der Waals surface area contributed by atoms with Crippen LogP contribution in [0.25, 0.3) is 0 Å². The monoisotopic (exact) mass is 224 g/mol. The van der Waals surface area contributed by atoms with E-state index in [-0.39, 0.29) is 0 Å². The lowest BCUT2D eigenvalue weighted by Gasteiger charge is -1.62. The van der Waals surface area contributed by atoms with E-state index in [1.165, 1.54) is 24.9 Å². The molecule has 0 aromatic carbocycles. The fourth-order valence-electron chi connectivity index (χ4n) is 0.455. The van der Waals surface area contributed by atoms with Gasteiger partial charge in [0.05, 0.1) is 24.9 Å². The Morgan fingerprint density at radius 2 is 1.12 bits per heavy atom. The largest absolute Gasteiger partial charge is 0.481 e. The molecule has 0 atom stereocenters. The second-order valence-electron chi connectivity index (χ2n) is 2.20. The van der Waals surface area contributed by atoms with Gasteiger partial charge in [-0.1, -0.05) is 0 Å². The minimum Gasteiger partial charge on any atom is -0.481 e. The number of nitrogens with zero attached hydrogens (tertiary/aromatic N) is 4. The van der Waals surface area contributed by atoms with Crippen LogP contribution >= 0.6 is 0 Å². The first kappa shape index (κ1) is 13.5. The highest BCUT2D eigenvalue weighted by atomic mass is 16.4. The van der Waals surface area contributed by atoms with Gasteiger partial charge in [-0.2, -0.15) is 20.0 Å². The van der Waals surface area contributed by atoms with E-state index in [0.29, 0.717) is 0 Å². The third-order valence-electron chi connectivity index (χ3n) is 0.873. The molecule has 0 bridgehead atoms. The fraction of sp³-hybridized carbons (Fsp3) is 0.125. The summed E-state index contributed by atoms with van der Waals surface area (Å²) < 4.78 is 0. The van der Waals surface area contributed by atoms with Crippen LogP contribution in [0.15, 0.2) is 20.0 Å². The van der Waals surface area contributed by atoms with Gasteiger partial charge in [0.1, 0.15) is 0 Å². The minimum atomic E-state index is -0.833. The molecule has 4 amide bonds. The van der Waals surface area contributed by atoms with E-state index in [9.17, 15) is 9.59 Å². The Kier molecular flexibility index (Phi) is 6.62. The van der Waals surface area contributed by atoms with Gasteiger partial charge in [-0.25, -0.2) is 9.59 Å². The number of aliphatic carboxylic acids is 1. The lowest BCUT2D eigenvalue weighted by molar-refractivity contribution is -0.134. The SMILES string of the molecule is CC(=O)O.O=C1N=CC=N1.O=C1N=CC=N1. The standard InChI is InChI=1S/2C3H2N2O.C2H4O2/c2*6-3-4-1-2-5-3;1-2(3)4/h2*1-2H;1H3,(H,3,4). The van der Waals surface area contributed by atoms with Crippen molar-refractivity contribution in [2.24, 2.45) is 20.0 Å². The van der Waals surface area contributed by atoms with Crippen LogP contribution in [-0.4, -0.2) is 48.0 Å². The number of hydrogen-bond donors (Lipinski definition) is 1. The second-order valence-corrected chi connectivity index (χ2v) is 2.20. The van der Waals surface area contributed by atoms with Gasteiger partial charge in [0.2, 0.25) is 0 Å². The number of carboxylic acid groups (broad SMARTS) is 1. The molecule has 8 nitrogen and oxygen atoms in total. The maximum absolute atomic E-state index is 9.85. The van der Waals surface area contributed by atoms with Crippen LogP contribution in [0.3, 0.4) is 0 Å². The molecule has 0 aliphatic carbocycles. The van der Waals surface area contributed by atoms with Crippen molar-refractivity contribution in [3.8, 4) is 0 Å². The van der Waals surface area contributed by atoms with Crippen molar-refractivity contribution in [2.45, 2.75) is 6.92 Å². The maximum Gasteiger partial charge on any atom is 0.367 e. The molecule has 0 fully saturated rings. The highest BCUT2D eigenvalue weighted by molar-refractivity contribution is 6.25. The van der Waals surface area contributed by atoms with Gasteiger partial charge in [-0.15, -0.1) is 0 Å². The Morgan fingerprint density at radius 3 is 1.19 bits per heavy atom. The summed E-state index contributed by atoms with van der Waals surface area (Å²) in [6.45, 7) is 1.08. The van der Waals surface area contributed by atoms with Gasteiger partial charge >= 0.3 is 12.1 Å². The summed E-state index contributed by atoms with van der Waals surface area (Å²) in [5.41, 5.74) is 0. The molecule has 0 radical (unpaired) electrons. The van der Waals surface area contributed by atoms with Gasteiger partial charge in [-0.05, 0) is 0 Å². The van der Waals surface area contributed by atoms with Crippen molar-refractivity contribution >= 4 is 42.9 Å². The average Bonchev–Trinajstić information content (AvgIpc) is 2.78. The summed E-state index contributed by atoms with van der Waals surface area (Å²) in [6, 6.07) is -0.815. The molecule has 2 aliphatic rings. The van der Waals surface area contributed by atoms with Crippen LogP contribution < -0.4 is 0 Å². The maximum atomic E-state index is 9.85. The Morgan fingerprint density at radius 1 is 0.938 bits per heavy atom. The number of urea groups is 2. The molecule has 1 N–H and O–H groups in total. The van der Waals surface area contributed by atoms with E-state index >= 15 is 0 Å². The van der Waals surface area contributed by atoms with Crippen molar-refractivity contribution < 1.29 is 19.5 Å². The normalized spacial score (nSPS) is 14.3. The molecule has 2 rings (SSSR count). The fourth-order valence-corrected chi connectivity index (χ4v) is 0.455. The smallest absolute Gasteiger partial charge is 0.367 e. The summed E-state index contributed by atoms with van der Waals surface area (Å²) in [6.07, 6.45) is 5.45. The molecule has 0 aromatic rings. The number of carboxylic acids is 1. The summed E-state index contributed by atoms with van der Waals surface area (Å²) in [4.78, 5) is 41.7. The number of carbonyl (C=O) groups is 3. The van der Waals surface area contributed by atoms with E-state index in [4.69, 9.17) is 9.90 Å². The first-order valence-corrected chi connectivity index (χ1v) is 3.93. The van der Waals surface area contributed by atoms with Crippen molar-refractivity contribution in [2.75, 3.05) is 0 Å². The molecule has 16 heavy (non-hydrogen) atoms. The van der Waals surface area contributed by atoms with Crippen LogP contribution in [0.4, 0.5) is 9.59 Å². The van der Waals surface area contributed by atoms with Gasteiger partial charge < -0.3 is 5.11 Å². The first-order chi connectivity index (χ1) is 7.52. The zero-order valence-corrected chi connectivity index (χ0v) is 8.27. The molecule has 2 heterocycles. The van der Waals surface area contributed by atoms with Crippen LogP contribution in [0.2, 0.25) is 0 Å². The second kappa shape index (κ2) is 7.85. The third kappa shape index (κ3) is 9.58. The quantitative estimate of drug-likeness (QED) is 0.647. The summed E-state index contributed by atoms with van der Waals surface area (Å²) in [5, 5.41) is 7.42. The molecule has 8 heteroatoms. The van der Waals surface area contributed by atoms with Gasteiger partial charge in [-0.3, -0.25) is 4.79 Å². The zero-order valence-electron chi connectivity index (χ0n) is 8.27. The van der Waals surface area contributed by atoms with Crippen LogP contribution in [-0.2, 0) is 4.79 Å². The number of amides is 4. The van der Waals surface area contributed by atoms with E-state index < -0.39 is 18.0 Å². The predicted molar refractivity (Wildman–Crippen MR) is 58.1 cm³/mol. The third-order valence-corrected chi connectivity index (χ3v) is 0.873. The first-order valence-electron chi connectivity index (χ1n) is 3.93. The minimum absolute atomic E-state index is 0.407. The molecular formula is C8H8N4O4. The van der Waals surface area contributed by atoms with Gasteiger partial charge in [0.25, 0.3) is 5.97 Å². The Balaban J connectivity index is 0.000000217. The topological polar surface area (TPSA) is 121 Å². The molecular weight excluding hydrogens is 216 g/mol. The number of hydrogen-bond acceptors (Lipinski definition) is 3. The highest BCUT2D eigenvalue weighted by Crippen LogP contribution is 1.82. The summed E-state index contributed by atoms with van der Waals surface area (Å²) in [7, 11) is 0. The lowest BCUT2D eigenvalue weighted by atomic mass is 10.9. The number of carbonyl (C=O) groups excluding carboxylic acids is 2. The van der Waals surface area contributed by atoms with E-state index in [1.807, 2.05) is 0 Å². The van der Waals surface area contributed by atoms with Crippen molar-refractivity contribution in [1.29, 1.82) is 0 Å². The van der Waals surface area contributed by atoms with Gasteiger partial charge in [0.15, 0.2) is 0 Å². The van der Waals surface area contributed by atoms with E-state index in [0.717, 1.165) is 6.92 Å². The Hall–Kier alpha value is -2.51. The Bertz CT molecular complexity index is 331. The molecule has 0 aromatic heterocycles. The molecule has 0 spiro atoms. The summed E-state index contributed by atoms with van der Waals surface area (Å²) >= 11 is 0. The van der Waals surface area contributed by atoms with Crippen molar-refractivity contribution in [1.82, 2.24) is 0 Å². The number of rotatable bonds is 0. The molecule has 0 unspecified atom stereocenters. The van der Waals surface area contributed by atoms with Crippen LogP contribution in [0.5, 0.6) is 0 Å². The average molecular weight is 224 g/mol. The van der Waals surface area contributed by atoms with Gasteiger partial charge in [0, 0.05) is 6.92 Å². The van der Waals surface area contributed by atoms with E-state index in [2.05, 4.69) is 20.0 Å².